The summed E-state index contributed by atoms with van der Waals surface area (Å²) < 4.78 is 0. The van der Waals surface area contributed by atoms with Crippen LogP contribution in [0.15, 0.2) is 48.5 Å². The van der Waals surface area contributed by atoms with E-state index >= 15 is 0 Å². The lowest BCUT2D eigenvalue weighted by atomic mass is 9.99. The predicted molar refractivity (Wildman–Crippen MR) is 75.1 cm³/mol. The fraction of sp³-hybridized carbons (Fsp3) is 0.235. The molecule has 0 fully saturated rings. The Morgan fingerprint density at radius 1 is 0.889 bits per heavy atom. The molecule has 0 aliphatic carbocycles. The van der Waals surface area contributed by atoms with E-state index in [-0.39, 0.29) is 0 Å². The summed E-state index contributed by atoms with van der Waals surface area (Å²) in [6.07, 6.45) is 1.12. The lowest BCUT2D eigenvalue weighted by Crippen LogP contribution is -1.93. The van der Waals surface area contributed by atoms with Crippen LogP contribution in [0.3, 0.4) is 0 Å². The Hall–Kier alpha value is -2.07. The molecule has 0 saturated heterocycles. The number of rotatable bonds is 3. The van der Waals surface area contributed by atoms with Crippen molar-refractivity contribution in [3.8, 4) is 17.2 Å². The zero-order valence-electron chi connectivity index (χ0n) is 10.9. The van der Waals surface area contributed by atoms with Crippen molar-refractivity contribution < 1.29 is 0 Å². The van der Waals surface area contributed by atoms with Gasteiger partial charge < -0.3 is 0 Å². The van der Waals surface area contributed by atoms with Crippen molar-refractivity contribution in [2.45, 2.75) is 20.3 Å². The first kappa shape index (κ1) is 12.4. The van der Waals surface area contributed by atoms with Crippen molar-refractivity contribution in [2.75, 3.05) is 0 Å². The summed E-state index contributed by atoms with van der Waals surface area (Å²) in [5, 5.41) is 8.77. The van der Waals surface area contributed by atoms with Crippen LogP contribution in [-0.4, -0.2) is 0 Å². The highest BCUT2D eigenvalue weighted by Crippen LogP contribution is 2.21. The van der Waals surface area contributed by atoms with Crippen LogP contribution in [0, 0.1) is 17.2 Å². The maximum Gasteiger partial charge on any atom is 0.0991 e. The summed E-state index contributed by atoms with van der Waals surface area (Å²) in [4.78, 5) is 0. The molecule has 0 N–H and O–H groups in total. The second-order valence-electron chi connectivity index (χ2n) is 4.98. The first-order valence-corrected chi connectivity index (χ1v) is 6.28. The zero-order chi connectivity index (χ0) is 13.0. The quantitative estimate of drug-likeness (QED) is 0.772. The molecule has 0 aliphatic rings. The van der Waals surface area contributed by atoms with Gasteiger partial charge in [-0.25, -0.2) is 0 Å². The lowest BCUT2D eigenvalue weighted by Gasteiger charge is -2.06. The molecule has 18 heavy (non-hydrogen) atoms. The molecule has 0 bridgehead atoms. The first-order chi connectivity index (χ1) is 8.69. The standard InChI is InChI=1S/C17H17N/c1-13(2)11-14-3-7-16(8-4-14)17-9-5-15(12-18)6-10-17/h3-10,13H,11H2,1-2H3. The highest BCUT2D eigenvalue weighted by molar-refractivity contribution is 5.64. The van der Waals surface area contributed by atoms with Gasteiger partial charge in [0.1, 0.15) is 0 Å². The van der Waals surface area contributed by atoms with E-state index in [9.17, 15) is 0 Å². The van der Waals surface area contributed by atoms with Gasteiger partial charge in [-0.05, 0) is 41.2 Å². The average Bonchev–Trinajstić information content (AvgIpc) is 2.39. The summed E-state index contributed by atoms with van der Waals surface area (Å²) in [6, 6.07) is 18.5. The van der Waals surface area contributed by atoms with Crippen molar-refractivity contribution in [3.05, 3.63) is 59.7 Å². The van der Waals surface area contributed by atoms with Gasteiger partial charge in [-0.3, -0.25) is 0 Å². The van der Waals surface area contributed by atoms with Crippen molar-refractivity contribution in [2.24, 2.45) is 5.92 Å². The largest absolute Gasteiger partial charge is 0.192 e. The van der Waals surface area contributed by atoms with Crippen molar-refractivity contribution in [1.82, 2.24) is 0 Å². The van der Waals surface area contributed by atoms with E-state index in [2.05, 4.69) is 44.2 Å². The molecule has 0 aliphatic heterocycles. The van der Waals surface area contributed by atoms with Gasteiger partial charge in [0.15, 0.2) is 0 Å². The summed E-state index contributed by atoms with van der Waals surface area (Å²) in [6.45, 7) is 4.46. The van der Waals surface area contributed by atoms with Crippen LogP contribution < -0.4 is 0 Å². The van der Waals surface area contributed by atoms with Gasteiger partial charge >= 0.3 is 0 Å². The van der Waals surface area contributed by atoms with E-state index in [4.69, 9.17) is 5.26 Å². The predicted octanol–water partition coefficient (Wildman–Crippen LogP) is 4.42. The number of nitrogens with zero attached hydrogens (tertiary/aromatic N) is 1. The van der Waals surface area contributed by atoms with Gasteiger partial charge in [0.25, 0.3) is 0 Å². The summed E-state index contributed by atoms with van der Waals surface area (Å²) in [7, 11) is 0. The number of hydrogen-bond donors (Lipinski definition) is 0. The van der Waals surface area contributed by atoms with E-state index in [1.165, 1.54) is 11.1 Å². The molecule has 0 saturated carbocycles. The van der Waals surface area contributed by atoms with Crippen LogP contribution >= 0.6 is 0 Å². The minimum Gasteiger partial charge on any atom is -0.192 e. The van der Waals surface area contributed by atoms with E-state index in [1.54, 1.807) is 0 Å². The first-order valence-electron chi connectivity index (χ1n) is 6.28. The van der Waals surface area contributed by atoms with Crippen LogP contribution in [-0.2, 0) is 6.42 Å². The van der Waals surface area contributed by atoms with Crippen LogP contribution in [0.5, 0.6) is 0 Å². The van der Waals surface area contributed by atoms with E-state index in [0.29, 0.717) is 11.5 Å². The smallest absolute Gasteiger partial charge is 0.0991 e. The van der Waals surface area contributed by atoms with E-state index in [1.807, 2.05) is 24.3 Å². The van der Waals surface area contributed by atoms with Crippen LogP contribution in [0.4, 0.5) is 0 Å². The molecule has 0 spiro atoms. The number of nitriles is 1. The molecule has 0 heterocycles. The Bertz CT molecular complexity index is 542. The van der Waals surface area contributed by atoms with E-state index in [0.717, 1.165) is 12.0 Å². The lowest BCUT2D eigenvalue weighted by molar-refractivity contribution is 0.647. The maximum atomic E-state index is 8.77. The molecule has 2 aromatic rings. The van der Waals surface area contributed by atoms with Gasteiger partial charge in [0, 0.05) is 0 Å². The van der Waals surface area contributed by atoms with Gasteiger partial charge in [-0.2, -0.15) is 5.26 Å². The second kappa shape index (κ2) is 5.51. The molecule has 90 valence electrons. The molecular formula is C17H17N. The third-order valence-electron chi connectivity index (χ3n) is 2.95. The van der Waals surface area contributed by atoms with E-state index < -0.39 is 0 Å². The van der Waals surface area contributed by atoms with Gasteiger partial charge in [-0.15, -0.1) is 0 Å². The van der Waals surface area contributed by atoms with Crippen molar-refractivity contribution in [3.63, 3.8) is 0 Å². The van der Waals surface area contributed by atoms with Crippen LogP contribution in [0.1, 0.15) is 25.0 Å². The number of benzene rings is 2. The fourth-order valence-electron chi connectivity index (χ4n) is 2.04. The fourth-order valence-corrected chi connectivity index (χ4v) is 2.04. The summed E-state index contributed by atoms with van der Waals surface area (Å²) in [5.41, 5.74) is 4.44. The van der Waals surface area contributed by atoms with Crippen LogP contribution in [0.25, 0.3) is 11.1 Å². The van der Waals surface area contributed by atoms with Gasteiger partial charge in [0.2, 0.25) is 0 Å². The highest BCUT2D eigenvalue weighted by Gasteiger charge is 2.00. The Kier molecular flexibility index (Phi) is 3.79. The number of hydrogen-bond acceptors (Lipinski definition) is 1. The summed E-state index contributed by atoms with van der Waals surface area (Å²) in [5.74, 6) is 0.686. The molecule has 0 atom stereocenters. The minimum atomic E-state index is 0.686. The molecule has 2 aromatic carbocycles. The molecule has 1 heteroatoms. The third-order valence-corrected chi connectivity index (χ3v) is 2.95. The third kappa shape index (κ3) is 2.99. The molecule has 2 rings (SSSR count). The van der Waals surface area contributed by atoms with Crippen molar-refractivity contribution in [1.29, 1.82) is 5.26 Å². The Morgan fingerprint density at radius 3 is 1.83 bits per heavy atom. The topological polar surface area (TPSA) is 23.8 Å². The van der Waals surface area contributed by atoms with Gasteiger partial charge in [-0.1, -0.05) is 50.2 Å². The molecule has 0 amide bonds. The highest BCUT2D eigenvalue weighted by atomic mass is 14.2. The SMILES string of the molecule is CC(C)Cc1ccc(-c2ccc(C#N)cc2)cc1. The second-order valence-corrected chi connectivity index (χ2v) is 4.98. The Balaban J connectivity index is 2.20. The van der Waals surface area contributed by atoms with Crippen LogP contribution in [0.2, 0.25) is 0 Å². The molecular weight excluding hydrogens is 218 g/mol. The molecule has 0 aromatic heterocycles. The Morgan fingerprint density at radius 2 is 1.39 bits per heavy atom. The van der Waals surface area contributed by atoms with Gasteiger partial charge in [0.05, 0.1) is 11.6 Å². The summed E-state index contributed by atoms with van der Waals surface area (Å²) >= 11 is 0. The Labute approximate surface area is 109 Å². The minimum absolute atomic E-state index is 0.686. The average molecular weight is 235 g/mol. The van der Waals surface area contributed by atoms with Crippen molar-refractivity contribution >= 4 is 0 Å². The monoisotopic (exact) mass is 235 g/mol. The zero-order valence-corrected chi connectivity index (χ0v) is 10.9. The molecule has 1 nitrogen and oxygen atoms in total. The molecule has 0 radical (unpaired) electrons. The molecule has 0 unspecified atom stereocenters. The maximum absolute atomic E-state index is 8.77. The normalized spacial score (nSPS) is 10.3.